The zero-order chi connectivity index (χ0) is 20.9. The van der Waals surface area contributed by atoms with Crippen molar-refractivity contribution in [2.75, 3.05) is 26.1 Å². The van der Waals surface area contributed by atoms with Crippen LogP contribution in [0, 0.1) is 0 Å². The maximum absolute atomic E-state index is 13.4. The van der Waals surface area contributed by atoms with E-state index in [1.165, 1.54) is 0 Å². The lowest BCUT2D eigenvalue weighted by Crippen LogP contribution is -2.30. The minimum atomic E-state index is -0.0348. The van der Waals surface area contributed by atoms with E-state index in [-0.39, 0.29) is 11.9 Å². The Kier molecular flexibility index (Phi) is 5.79. The predicted molar refractivity (Wildman–Crippen MR) is 114 cm³/mol. The Morgan fingerprint density at radius 3 is 2.67 bits per heavy atom. The fraction of sp³-hybridized carbons (Fsp3) is 0.261. The van der Waals surface area contributed by atoms with Crippen molar-refractivity contribution in [3.05, 3.63) is 72.1 Å². The van der Waals surface area contributed by atoms with Gasteiger partial charge in [0.1, 0.15) is 11.5 Å². The first-order valence-corrected chi connectivity index (χ1v) is 9.86. The van der Waals surface area contributed by atoms with Crippen molar-refractivity contribution in [1.29, 1.82) is 0 Å². The molecule has 154 valence electrons. The highest BCUT2D eigenvalue weighted by Crippen LogP contribution is 2.39. The molecule has 1 fully saturated rings. The highest BCUT2D eigenvalue weighted by Gasteiger charge is 2.32. The second kappa shape index (κ2) is 8.82. The molecule has 2 heterocycles. The lowest BCUT2D eigenvalue weighted by molar-refractivity contribution is 0.0734. The number of carbonyl (C=O) groups excluding carboxylic acids is 1. The summed E-state index contributed by atoms with van der Waals surface area (Å²) in [6.07, 6.45) is 5.18. The quantitative estimate of drug-likeness (QED) is 0.663. The zero-order valence-corrected chi connectivity index (χ0v) is 17.0. The van der Waals surface area contributed by atoms with Gasteiger partial charge in [-0.25, -0.2) is 9.97 Å². The number of nitrogens with one attached hydrogen (secondary N) is 1. The van der Waals surface area contributed by atoms with Gasteiger partial charge in [0.05, 0.1) is 20.3 Å². The standard InChI is InChI=1S/C23H24N4O3/c1-29-18-9-10-19(21(15-18)30-2)20-8-4-13-27(20)22(28)16-6-3-7-17(14-16)26-23-24-11-5-12-25-23/h3,5-7,9-12,14-15,20H,4,8,13H2,1-2H3,(H,24,25,26). The molecule has 1 aliphatic heterocycles. The van der Waals surface area contributed by atoms with E-state index < -0.39 is 0 Å². The van der Waals surface area contributed by atoms with Crippen LogP contribution in [-0.4, -0.2) is 41.5 Å². The van der Waals surface area contributed by atoms with Gasteiger partial charge in [0, 0.05) is 41.8 Å². The summed E-state index contributed by atoms with van der Waals surface area (Å²) in [5, 5.41) is 3.14. The number of amides is 1. The van der Waals surface area contributed by atoms with Crippen molar-refractivity contribution < 1.29 is 14.3 Å². The summed E-state index contributed by atoms with van der Waals surface area (Å²) in [5.74, 6) is 1.95. The number of aromatic nitrogens is 2. The molecule has 7 heteroatoms. The summed E-state index contributed by atoms with van der Waals surface area (Å²) >= 11 is 0. The normalized spacial score (nSPS) is 15.7. The third-order valence-corrected chi connectivity index (χ3v) is 5.24. The SMILES string of the molecule is COc1ccc(C2CCCN2C(=O)c2cccc(Nc3ncccn3)c2)c(OC)c1. The predicted octanol–water partition coefficient (Wildman–Crippen LogP) is 4.21. The molecule has 2 aromatic carbocycles. The number of hydrogen-bond acceptors (Lipinski definition) is 6. The van der Waals surface area contributed by atoms with Crippen molar-refractivity contribution in [3.63, 3.8) is 0 Å². The number of rotatable bonds is 6. The molecule has 4 rings (SSSR count). The van der Waals surface area contributed by atoms with Gasteiger partial charge >= 0.3 is 0 Å². The fourth-order valence-corrected chi connectivity index (χ4v) is 3.82. The lowest BCUT2D eigenvalue weighted by Gasteiger charge is -2.27. The van der Waals surface area contributed by atoms with Gasteiger partial charge in [0.25, 0.3) is 5.91 Å². The Labute approximate surface area is 175 Å². The second-order valence-electron chi connectivity index (χ2n) is 7.04. The largest absolute Gasteiger partial charge is 0.497 e. The van der Waals surface area contributed by atoms with Gasteiger partial charge in [-0.2, -0.15) is 0 Å². The average molecular weight is 404 g/mol. The third kappa shape index (κ3) is 4.05. The Balaban J connectivity index is 1.58. The number of carbonyl (C=O) groups is 1. The van der Waals surface area contributed by atoms with Gasteiger partial charge in [0.2, 0.25) is 5.95 Å². The molecule has 1 amide bonds. The molecular formula is C23H24N4O3. The summed E-state index contributed by atoms with van der Waals surface area (Å²) in [6.45, 7) is 0.706. The molecule has 3 aromatic rings. The summed E-state index contributed by atoms with van der Waals surface area (Å²) in [5.41, 5.74) is 2.39. The number of methoxy groups -OCH3 is 2. The molecule has 1 aromatic heterocycles. The smallest absolute Gasteiger partial charge is 0.254 e. The Morgan fingerprint density at radius 1 is 1.07 bits per heavy atom. The van der Waals surface area contributed by atoms with Crippen LogP contribution in [0.5, 0.6) is 11.5 Å². The number of benzene rings is 2. The molecule has 1 atom stereocenters. The Hall–Kier alpha value is -3.61. The van der Waals surface area contributed by atoms with Crippen LogP contribution in [-0.2, 0) is 0 Å². The molecule has 0 aliphatic carbocycles. The van der Waals surface area contributed by atoms with E-state index >= 15 is 0 Å². The van der Waals surface area contributed by atoms with Crippen molar-refractivity contribution in [3.8, 4) is 11.5 Å². The highest BCUT2D eigenvalue weighted by atomic mass is 16.5. The van der Waals surface area contributed by atoms with E-state index in [9.17, 15) is 4.79 Å². The van der Waals surface area contributed by atoms with Crippen LogP contribution in [0.15, 0.2) is 60.9 Å². The lowest BCUT2D eigenvalue weighted by atomic mass is 10.0. The number of likely N-dealkylation sites (tertiary alicyclic amines) is 1. The maximum Gasteiger partial charge on any atom is 0.254 e. The first kappa shape index (κ1) is 19.7. The van der Waals surface area contributed by atoms with Crippen LogP contribution in [0.25, 0.3) is 0 Å². The van der Waals surface area contributed by atoms with E-state index in [4.69, 9.17) is 9.47 Å². The second-order valence-corrected chi connectivity index (χ2v) is 7.04. The van der Waals surface area contributed by atoms with Crippen molar-refractivity contribution in [1.82, 2.24) is 14.9 Å². The molecule has 0 bridgehead atoms. The molecule has 1 N–H and O–H groups in total. The zero-order valence-electron chi connectivity index (χ0n) is 17.0. The molecule has 30 heavy (non-hydrogen) atoms. The van der Waals surface area contributed by atoms with Crippen molar-refractivity contribution >= 4 is 17.5 Å². The topological polar surface area (TPSA) is 76.6 Å². The van der Waals surface area contributed by atoms with Gasteiger partial charge in [-0.15, -0.1) is 0 Å². The number of anilines is 2. The van der Waals surface area contributed by atoms with Gasteiger partial charge in [-0.3, -0.25) is 4.79 Å². The number of hydrogen-bond donors (Lipinski definition) is 1. The molecule has 0 radical (unpaired) electrons. The van der Waals surface area contributed by atoms with Crippen LogP contribution in [0.3, 0.4) is 0 Å². The molecular weight excluding hydrogens is 380 g/mol. The molecule has 0 spiro atoms. The van der Waals surface area contributed by atoms with Gasteiger partial charge in [0.15, 0.2) is 0 Å². The molecule has 1 saturated heterocycles. The van der Waals surface area contributed by atoms with E-state index in [1.54, 1.807) is 32.7 Å². The third-order valence-electron chi connectivity index (χ3n) is 5.24. The summed E-state index contributed by atoms with van der Waals surface area (Å²) in [6, 6.07) is 14.9. The maximum atomic E-state index is 13.4. The van der Waals surface area contributed by atoms with E-state index in [0.29, 0.717) is 18.1 Å². The summed E-state index contributed by atoms with van der Waals surface area (Å²) < 4.78 is 10.9. The van der Waals surface area contributed by atoms with E-state index in [1.807, 2.05) is 47.4 Å². The first-order valence-electron chi connectivity index (χ1n) is 9.86. The molecule has 1 unspecified atom stereocenters. The van der Waals surface area contributed by atoms with Crippen LogP contribution in [0.2, 0.25) is 0 Å². The van der Waals surface area contributed by atoms with Crippen LogP contribution < -0.4 is 14.8 Å². The van der Waals surface area contributed by atoms with Gasteiger partial charge in [-0.05, 0) is 49.2 Å². The van der Waals surface area contributed by atoms with E-state index in [0.717, 1.165) is 35.6 Å². The highest BCUT2D eigenvalue weighted by molar-refractivity contribution is 5.95. The molecule has 1 aliphatic rings. The Bertz CT molecular complexity index is 1030. The fourth-order valence-electron chi connectivity index (χ4n) is 3.82. The van der Waals surface area contributed by atoms with E-state index in [2.05, 4.69) is 15.3 Å². The molecule has 0 saturated carbocycles. The molecule has 7 nitrogen and oxygen atoms in total. The minimum Gasteiger partial charge on any atom is -0.497 e. The van der Waals surface area contributed by atoms with Gasteiger partial charge < -0.3 is 19.7 Å². The first-order chi connectivity index (χ1) is 14.7. The number of nitrogens with zero attached hydrogens (tertiary/aromatic N) is 3. The van der Waals surface area contributed by atoms with Crippen LogP contribution in [0.1, 0.15) is 34.8 Å². The van der Waals surface area contributed by atoms with Gasteiger partial charge in [-0.1, -0.05) is 6.07 Å². The van der Waals surface area contributed by atoms with Crippen LogP contribution >= 0.6 is 0 Å². The van der Waals surface area contributed by atoms with Crippen molar-refractivity contribution in [2.24, 2.45) is 0 Å². The monoisotopic (exact) mass is 404 g/mol. The average Bonchev–Trinajstić information content (AvgIpc) is 3.28. The minimum absolute atomic E-state index is 0.00648. The van der Waals surface area contributed by atoms with Crippen molar-refractivity contribution in [2.45, 2.75) is 18.9 Å². The summed E-state index contributed by atoms with van der Waals surface area (Å²) in [7, 11) is 3.27. The van der Waals surface area contributed by atoms with Crippen LogP contribution in [0.4, 0.5) is 11.6 Å². The Morgan fingerprint density at radius 2 is 1.90 bits per heavy atom. The summed E-state index contributed by atoms with van der Waals surface area (Å²) in [4.78, 5) is 23.6. The number of ether oxygens (including phenoxy) is 2.